The average molecular weight is 537 g/mol. The van der Waals surface area contributed by atoms with Gasteiger partial charge in [-0.15, -0.1) is 0 Å². The summed E-state index contributed by atoms with van der Waals surface area (Å²) in [5.74, 6) is -1.26. The maximum Gasteiger partial charge on any atom is 0.335 e. The minimum Gasteiger partial charge on any atom is -0.478 e. The zero-order chi connectivity index (χ0) is 28.3. The smallest absolute Gasteiger partial charge is 0.335 e. The third kappa shape index (κ3) is 5.27. The Kier molecular flexibility index (Phi) is 6.72. The van der Waals surface area contributed by atoms with Gasteiger partial charge in [0.2, 0.25) is 0 Å². The molecule has 2 aromatic heterocycles. The van der Waals surface area contributed by atoms with Crippen molar-refractivity contribution < 1.29 is 14.7 Å². The Labute approximate surface area is 235 Å². The minimum absolute atomic E-state index is 0.189. The molecule has 0 fully saturated rings. The number of nitrogens with one attached hydrogen (secondary N) is 1. The van der Waals surface area contributed by atoms with Gasteiger partial charge in [0.05, 0.1) is 46.0 Å². The number of hydrogen-bond donors (Lipinski definition) is 2. The van der Waals surface area contributed by atoms with Gasteiger partial charge >= 0.3 is 5.97 Å². The number of fused-ring (bicyclic) bond motifs is 2. The van der Waals surface area contributed by atoms with Crippen LogP contribution in [0.5, 0.6) is 0 Å². The van der Waals surface area contributed by atoms with Crippen molar-refractivity contribution in [3.05, 3.63) is 137 Å². The molecule has 0 radical (unpaired) electrons. The van der Waals surface area contributed by atoms with Crippen LogP contribution >= 0.6 is 0 Å². The van der Waals surface area contributed by atoms with E-state index in [0.29, 0.717) is 17.7 Å². The number of carbonyl (C=O) groups excluding carboxylic acids is 1. The largest absolute Gasteiger partial charge is 0.478 e. The molecule has 2 N–H and O–H groups in total. The Morgan fingerprint density at radius 3 is 2.49 bits per heavy atom. The summed E-state index contributed by atoms with van der Waals surface area (Å²) < 4.78 is 2.03. The number of carboxylic acid groups (broad SMARTS) is 1. The van der Waals surface area contributed by atoms with Crippen LogP contribution in [0.1, 0.15) is 37.5 Å². The predicted molar refractivity (Wildman–Crippen MR) is 158 cm³/mol. The fraction of sp³-hybridized carbons (Fsp3) is 0.0588. The van der Waals surface area contributed by atoms with Crippen molar-refractivity contribution >= 4 is 33.7 Å². The number of aromatic nitrogens is 2. The molecule has 0 spiro atoms. The number of carboxylic acids is 1. The Balaban J connectivity index is 1.39. The van der Waals surface area contributed by atoms with Gasteiger partial charge in [-0.2, -0.15) is 5.26 Å². The van der Waals surface area contributed by atoms with Gasteiger partial charge in [0, 0.05) is 23.5 Å². The number of hydrogen-bond acceptors (Lipinski definition) is 4. The Morgan fingerprint density at radius 2 is 1.68 bits per heavy atom. The highest BCUT2D eigenvalue weighted by Gasteiger charge is 2.17. The van der Waals surface area contributed by atoms with Crippen molar-refractivity contribution in [1.82, 2.24) is 14.9 Å². The molecule has 1 amide bonds. The van der Waals surface area contributed by atoms with Crippen LogP contribution < -0.4 is 5.32 Å². The minimum atomic E-state index is -0.998. The lowest BCUT2D eigenvalue weighted by molar-refractivity contribution is 0.0696. The second kappa shape index (κ2) is 10.8. The number of nitriles is 1. The van der Waals surface area contributed by atoms with Crippen molar-refractivity contribution in [3.63, 3.8) is 0 Å². The number of para-hydroxylation sites is 1. The first-order valence-electron chi connectivity index (χ1n) is 13.1. The topological polar surface area (TPSA) is 108 Å². The highest BCUT2D eigenvalue weighted by Crippen LogP contribution is 2.30. The summed E-state index contributed by atoms with van der Waals surface area (Å²) in [4.78, 5) is 29.7. The van der Waals surface area contributed by atoms with Crippen molar-refractivity contribution in [2.75, 3.05) is 0 Å². The van der Waals surface area contributed by atoms with Crippen LogP contribution in [0.3, 0.4) is 0 Å². The third-order valence-electron chi connectivity index (χ3n) is 7.07. The summed E-state index contributed by atoms with van der Waals surface area (Å²) in [6.07, 6.45) is 1.96. The lowest BCUT2D eigenvalue weighted by Crippen LogP contribution is -2.23. The first-order chi connectivity index (χ1) is 20.0. The van der Waals surface area contributed by atoms with E-state index in [1.54, 1.807) is 18.2 Å². The van der Waals surface area contributed by atoms with Gasteiger partial charge in [0.1, 0.15) is 0 Å². The van der Waals surface area contributed by atoms with Crippen molar-refractivity contribution in [3.8, 4) is 17.2 Å². The lowest BCUT2D eigenvalue weighted by atomic mass is 9.98. The van der Waals surface area contributed by atoms with Crippen LogP contribution in [0.4, 0.5) is 0 Å². The van der Waals surface area contributed by atoms with Crippen LogP contribution in [0, 0.1) is 11.3 Å². The second-order valence-corrected chi connectivity index (χ2v) is 9.78. The molecule has 0 atom stereocenters. The maximum atomic E-state index is 13.7. The molecule has 0 unspecified atom stereocenters. The molecule has 0 aliphatic carbocycles. The lowest BCUT2D eigenvalue weighted by Gasteiger charge is -2.13. The predicted octanol–water partition coefficient (Wildman–Crippen LogP) is 6.40. The summed E-state index contributed by atoms with van der Waals surface area (Å²) in [6.45, 7) is 0.718. The van der Waals surface area contributed by atoms with Crippen LogP contribution in [0.2, 0.25) is 0 Å². The fourth-order valence-corrected chi connectivity index (χ4v) is 5.00. The first-order valence-corrected chi connectivity index (χ1v) is 13.1. The standard InChI is InChI=1S/C34H24N4O3/c35-19-23-4-3-6-26(16-23)28-17-27-14-15-38(21-29-13-12-24-5-1-2-7-31(24)37-29)32(27)30(18-28)33(39)36-20-22-8-10-25(11-9-22)34(40)41/h1-18H,20-21H2,(H,36,39)(H,40,41). The van der Waals surface area contributed by atoms with E-state index in [1.165, 1.54) is 12.1 Å². The third-order valence-corrected chi connectivity index (χ3v) is 7.07. The molecule has 0 saturated carbocycles. The summed E-state index contributed by atoms with van der Waals surface area (Å²) in [6, 6.07) is 33.8. The van der Waals surface area contributed by atoms with E-state index < -0.39 is 5.97 Å². The van der Waals surface area contributed by atoms with E-state index in [2.05, 4.69) is 11.4 Å². The summed E-state index contributed by atoms with van der Waals surface area (Å²) in [5, 5.41) is 23.5. The molecule has 0 aliphatic rings. The van der Waals surface area contributed by atoms with Gasteiger partial charge in [-0.3, -0.25) is 9.78 Å². The highest BCUT2D eigenvalue weighted by molar-refractivity contribution is 6.08. The van der Waals surface area contributed by atoms with Crippen LogP contribution in [0.25, 0.3) is 32.9 Å². The van der Waals surface area contributed by atoms with Crippen LogP contribution in [0.15, 0.2) is 109 Å². The zero-order valence-electron chi connectivity index (χ0n) is 21.9. The van der Waals surface area contributed by atoms with E-state index in [1.807, 2.05) is 83.6 Å². The van der Waals surface area contributed by atoms with Gasteiger partial charge < -0.3 is 15.0 Å². The Bertz CT molecular complexity index is 1980. The van der Waals surface area contributed by atoms with E-state index in [4.69, 9.17) is 10.1 Å². The van der Waals surface area contributed by atoms with Gasteiger partial charge in [-0.1, -0.05) is 48.5 Å². The average Bonchev–Trinajstić information content (AvgIpc) is 3.42. The molecule has 198 valence electrons. The quantitative estimate of drug-likeness (QED) is 0.245. The second-order valence-electron chi connectivity index (χ2n) is 9.78. The molecule has 41 heavy (non-hydrogen) atoms. The fourth-order valence-electron chi connectivity index (χ4n) is 5.00. The first kappa shape index (κ1) is 25.5. The molecule has 0 saturated heterocycles. The Hall–Kier alpha value is -5.74. The van der Waals surface area contributed by atoms with Crippen LogP contribution in [-0.2, 0) is 13.1 Å². The molecule has 0 aliphatic heterocycles. The summed E-state index contributed by atoms with van der Waals surface area (Å²) in [7, 11) is 0. The number of aromatic carboxylic acids is 1. The van der Waals surface area contributed by atoms with E-state index in [-0.39, 0.29) is 18.0 Å². The van der Waals surface area contributed by atoms with E-state index in [0.717, 1.165) is 44.2 Å². The van der Waals surface area contributed by atoms with Crippen molar-refractivity contribution in [2.24, 2.45) is 0 Å². The number of amides is 1. The van der Waals surface area contributed by atoms with Gasteiger partial charge in [-0.05, 0) is 71.3 Å². The highest BCUT2D eigenvalue weighted by atomic mass is 16.4. The van der Waals surface area contributed by atoms with E-state index >= 15 is 0 Å². The normalized spacial score (nSPS) is 10.9. The van der Waals surface area contributed by atoms with E-state index in [9.17, 15) is 14.9 Å². The maximum absolute atomic E-state index is 13.7. The number of nitrogens with zero attached hydrogens (tertiary/aromatic N) is 3. The summed E-state index contributed by atoms with van der Waals surface area (Å²) >= 11 is 0. The van der Waals surface area contributed by atoms with Gasteiger partial charge in [-0.25, -0.2) is 4.79 Å². The van der Waals surface area contributed by atoms with Crippen molar-refractivity contribution in [2.45, 2.75) is 13.1 Å². The molecule has 7 heteroatoms. The number of benzene rings is 4. The van der Waals surface area contributed by atoms with Crippen molar-refractivity contribution in [1.29, 1.82) is 5.26 Å². The van der Waals surface area contributed by atoms with Crippen LogP contribution in [-0.4, -0.2) is 26.5 Å². The molecule has 6 aromatic rings. The Morgan fingerprint density at radius 1 is 0.854 bits per heavy atom. The van der Waals surface area contributed by atoms with Gasteiger partial charge in [0.15, 0.2) is 0 Å². The molecule has 4 aromatic carbocycles. The number of rotatable bonds is 7. The SMILES string of the molecule is N#Cc1cccc(-c2cc(C(=O)NCc3ccc(C(=O)O)cc3)c3c(ccn3Cc3ccc4ccccc4n3)c2)c1. The number of pyridine rings is 1. The molecule has 2 heterocycles. The molecule has 0 bridgehead atoms. The van der Waals surface area contributed by atoms with Gasteiger partial charge in [0.25, 0.3) is 5.91 Å². The monoisotopic (exact) mass is 536 g/mol. The molecule has 6 rings (SSSR count). The zero-order valence-corrected chi connectivity index (χ0v) is 21.9. The molecular weight excluding hydrogens is 512 g/mol. The molecular formula is C34H24N4O3. The molecule has 7 nitrogen and oxygen atoms in total. The number of carbonyl (C=O) groups is 2. The summed E-state index contributed by atoms with van der Waals surface area (Å²) in [5.41, 5.74) is 6.23.